The summed E-state index contributed by atoms with van der Waals surface area (Å²) in [6, 6.07) is 0.112. The summed E-state index contributed by atoms with van der Waals surface area (Å²) in [6.45, 7) is 2.60. The summed E-state index contributed by atoms with van der Waals surface area (Å²) in [5, 5.41) is 3.80. The van der Waals surface area contributed by atoms with Gasteiger partial charge in [0, 0.05) is 18.5 Å². The highest BCUT2D eigenvalue weighted by Crippen LogP contribution is 2.38. The molecule has 22 heavy (non-hydrogen) atoms. The Balaban J connectivity index is 1.60. The minimum atomic E-state index is -3.59. The summed E-state index contributed by atoms with van der Waals surface area (Å²) in [5.41, 5.74) is 0. The number of amides is 1. The lowest BCUT2D eigenvalue weighted by Crippen LogP contribution is -2.44. The first-order chi connectivity index (χ1) is 10.4. The Hall–Kier alpha value is -1.44. The van der Waals surface area contributed by atoms with E-state index in [-0.39, 0.29) is 23.6 Å². The van der Waals surface area contributed by atoms with Crippen molar-refractivity contribution in [3.63, 3.8) is 0 Å². The molecule has 1 saturated heterocycles. The van der Waals surface area contributed by atoms with Crippen molar-refractivity contribution in [2.24, 2.45) is 0 Å². The number of nitrogens with zero attached hydrogens (tertiary/aromatic N) is 3. The lowest BCUT2D eigenvalue weighted by Gasteiger charge is -2.33. The van der Waals surface area contributed by atoms with E-state index in [9.17, 15) is 13.2 Å². The van der Waals surface area contributed by atoms with Crippen LogP contribution >= 0.6 is 0 Å². The van der Waals surface area contributed by atoms with Gasteiger partial charge in [-0.25, -0.2) is 8.42 Å². The molecule has 7 nitrogen and oxygen atoms in total. The quantitative estimate of drug-likeness (QED) is 0.808. The van der Waals surface area contributed by atoms with Gasteiger partial charge in [-0.05, 0) is 39.0 Å². The highest BCUT2D eigenvalue weighted by Gasteiger charge is 2.31. The van der Waals surface area contributed by atoms with Crippen molar-refractivity contribution in [1.82, 2.24) is 15.0 Å². The molecule has 3 rings (SSSR count). The van der Waals surface area contributed by atoms with Gasteiger partial charge in [0.05, 0.1) is 0 Å². The van der Waals surface area contributed by atoms with Crippen molar-refractivity contribution < 1.29 is 17.7 Å². The van der Waals surface area contributed by atoms with Crippen LogP contribution in [0, 0.1) is 0 Å². The molecule has 1 aliphatic heterocycles. The van der Waals surface area contributed by atoms with Crippen molar-refractivity contribution in [2.75, 3.05) is 12.3 Å². The van der Waals surface area contributed by atoms with Gasteiger partial charge in [0.2, 0.25) is 11.8 Å². The number of rotatable bonds is 5. The molecule has 0 radical (unpaired) electrons. The fourth-order valence-corrected chi connectivity index (χ4v) is 3.95. The highest BCUT2D eigenvalue weighted by molar-refractivity contribution is 7.91. The van der Waals surface area contributed by atoms with E-state index in [1.807, 2.05) is 6.92 Å². The second-order valence-corrected chi connectivity index (χ2v) is 8.35. The third-order valence-electron chi connectivity index (χ3n) is 4.24. The fraction of sp³-hybridized carbons (Fsp3) is 0.786. The summed E-state index contributed by atoms with van der Waals surface area (Å²) in [6.07, 6.45) is 5.00. The Morgan fingerprint density at radius 1 is 1.32 bits per heavy atom. The van der Waals surface area contributed by atoms with E-state index in [1.54, 1.807) is 4.90 Å². The topological polar surface area (TPSA) is 93.4 Å². The summed E-state index contributed by atoms with van der Waals surface area (Å²) < 4.78 is 29.3. The van der Waals surface area contributed by atoms with Crippen LogP contribution in [0.1, 0.15) is 56.7 Å². The average Bonchev–Trinajstić information content (AvgIpc) is 3.19. The van der Waals surface area contributed by atoms with Crippen molar-refractivity contribution >= 4 is 15.7 Å². The van der Waals surface area contributed by atoms with Crippen LogP contribution in [-0.2, 0) is 20.4 Å². The van der Waals surface area contributed by atoms with E-state index in [1.165, 1.54) is 0 Å². The predicted octanol–water partition coefficient (Wildman–Crippen LogP) is 1.26. The molecule has 122 valence electrons. The molecule has 0 bridgehead atoms. The molecule has 1 unspecified atom stereocenters. The molecule has 0 spiro atoms. The van der Waals surface area contributed by atoms with Crippen LogP contribution in [0.25, 0.3) is 0 Å². The summed E-state index contributed by atoms with van der Waals surface area (Å²) >= 11 is 0. The molecule has 2 heterocycles. The second-order valence-electron chi connectivity index (χ2n) is 6.28. The molecule has 2 aliphatic rings. The number of sulfone groups is 1. The Labute approximate surface area is 130 Å². The largest absolute Gasteiger partial charge is 0.339 e. The van der Waals surface area contributed by atoms with Crippen LogP contribution in [-0.4, -0.2) is 47.7 Å². The minimum absolute atomic E-state index is 0.0846. The van der Waals surface area contributed by atoms with E-state index in [0.29, 0.717) is 18.3 Å². The zero-order valence-corrected chi connectivity index (χ0v) is 13.5. The van der Waals surface area contributed by atoms with E-state index in [0.717, 1.165) is 32.1 Å². The monoisotopic (exact) mass is 327 g/mol. The molecule has 1 aromatic heterocycles. The van der Waals surface area contributed by atoms with Crippen molar-refractivity contribution in [2.45, 2.75) is 56.7 Å². The zero-order chi connectivity index (χ0) is 15.7. The molecule has 1 aromatic rings. The third kappa shape index (κ3) is 3.66. The van der Waals surface area contributed by atoms with E-state index in [4.69, 9.17) is 4.52 Å². The first-order valence-corrected chi connectivity index (χ1v) is 9.59. The maximum absolute atomic E-state index is 12.2. The van der Waals surface area contributed by atoms with Gasteiger partial charge >= 0.3 is 0 Å². The summed E-state index contributed by atoms with van der Waals surface area (Å²) in [4.78, 5) is 18.0. The molecule has 1 saturated carbocycles. The second kappa shape index (κ2) is 5.98. The number of carbonyl (C=O) groups is 1. The molecular formula is C14H21N3O4S. The molecular weight excluding hydrogens is 306 g/mol. The summed E-state index contributed by atoms with van der Waals surface area (Å²) in [7, 11) is -3.59. The lowest BCUT2D eigenvalue weighted by atomic mass is 10.0. The number of likely N-dealkylation sites (tertiary alicyclic amines) is 1. The molecule has 8 heteroatoms. The van der Waals surface area contributed by atoms with Crippen LogP contribution in [0.5, 0.6) is 0 Å². The molecule has 2 fully saturated rings. The minimum Gasteiger partial charge on any atom is -0.339 e. The van der Waals surface area contributed by atoms with Crippen molar-refractivity contribution in [1.29, 1.82) is 0 Å². The number of hydrogen-bond acceptors (Lipinski definition) is 6. The first kappa shape index (κ1) is 15.5. The zero-order valence-electron chi connectivity index (χ0n) is 12.7. The van der Waals surface area contributed by atoms with Gasteiger partial charge in [-0.2, -0.15) is 4.98 Å². The van der Waals surface area contributed by atoms with Gasteiger partial charge in [-0.15, -0.1) is 0 Å². The fourth-order valence-electron chi connectivity index (χ4n) is 2.81. The van der Waals surface area contributed by atoms with Crippen LogP contribution < -0.4 is 0 Å². The van der Waals surface area contributed by atoms with Crippen molar-refractivity contribution in [3.05, 3.63) is 11.7 Å². The van der Waals surface area contributed by atoms with Gasteiger partial charge < -0.3 is 9.42 Å². The normalized spacial score (nSPS) is 22.8. The maximum atomic E-state index is 12.2. The Kier molecular flexibility index (Phi) is 4.20. The lowest BCUT2D eigenvalue weighted by molar-refractivity contribution is -0.131. The van der Waals surface area contributed by atoms with E-state index in [2.05, 4.69) is 10.1 Å². The van der Waals surface area contributed by atoms with Crippen LogP contribution in [0.3, 0.4) is 0 Å². The van der Waals surface area contributed by atoms with E-state index >= 15 is 0 Å². The molecule has 0 N–H and O–H groups in total. The molecule has 1 atom stereocenters. The maximum Gasteiger partial charge on any atom is 0.241 e. The molecule has 1 amide bonds. The first-order valence-electron chi connectivity index (χ1n) is 7.77. The number of aromatic nitrogens is 2. The number of carbonyl (C=O) groups excluding carboxylic acids is 1. The Bertz CT molecular complexity index is 651. The average molecular weight is 327 g/mol. The third-order valence-corrected chi connectivity index (χ3v) is 5.61. The summed E-state index contributed by atoms with van der Waals surface area (Å²) in [5.74, 6) is -0.188. The van der Waals surface area contributed by atoms with Gasteiger partial charge in [-0.3, -0.25) is 4.79 Å². The molecule has 1 aliphatic carbocycles. The highest BCUT2D eigenvalue weighted by atomic mass is 32.2. The number of hydrogen-bond donors (Lipinski definition) is 0. The van der Waals surface area contributed by atoms with Crippen LogP contribution in [0.4, 0.5) is 0 Å². The van der Waals surface area contributed by atoms with Gasteiger partial charge in [-0.1, -0.05) is 5.16 Å². The predicted molar refractivity (Wildman–Crippen MR) is 78.8 cm³/mol. The number of piperidine rings is 1. The van der Waals surface area contributed by atoms with Gasteiger partial charge in [0.15, 0.2) is 15.7 Å². The van der Waals surface area contributed by atoms with Crippen LogP contribution in [0.15, 0.2) is 4.52 Å². The smallest absolute Gasteiger partial charge is 0.241 e. The Morgan fingerprint density at radius 3 is 2.77 bits per heavy atom. The van der Waals surface area contributed by atoms with Crippen molar-refractivity contribution in [3.8, 4) is 0 Å². The van der Waals surface area contributed by atoms with Crippen LogP contribution in [0.2, 0.25) is 0 Å². The van der Waals surface area contributed by atoms with Gasteiger partial charge in [0.25, 0.3) is 0 Å². The van der Waals surface area contributed by atoms with E-state index < -0.39 is 15.6 Å². The standard InChI is InChI=1S/C14H21N3O4S/c1-10-4-2-3-7-17(10)13(18)9-22(19,20)8-12-15-14(16-21-12)11-5-6-11/h10-11H,2-9H2,1H3. The SMILES string of the molecule is CC1CCCCN1C(=O)CS(=O)(=O)Cc1nc(C2CC2)no1. The Morgan fingerprint density at radius 2 is 2.09 bits per heavy atom. The van der Waals surface area contributed by atoms with Gasteiger partial charge in [0.1, 0.15) is 11.5 Å². The molecule has 0 aromatic carbocycles.